The molecule has 0 bridgehead atoms. The third-order valence-corrected chi connectivity index (χ3v) is 4.54. The highest BCUT2D eigenvalue weighted by Gasteiger charge is 2.08. The molecule has 3 rings (SSSR count). The standard InChI is InChI=1S/C23H27N3O2S/c1-16-5-4-7-18(13-16)21(27)8-3-2-6-17-9-11-19(12-10-17)25-22(28)14-20-15-29-23(24)26-20/h4-5,7,9-13,15,21,27H,2-3,6,8,14H2,1H3,(H2,24,26)(H,25,28)/t21-/m0/s1/i4D,5D,7D,8D2,13D,14D2,15D. The summed E-state index contributed by atoms with van der Waals surface area (Å²) in [4.78, 5) is 16.2. The molecular weight excluding hydrogens is 382 g/mol. The van der Waals surface area contributed by atoms with Crippen LogP contribution in [0.1, 0.15) is 60.0 Å². The first-order valence-electron chi connectivity index (χ1n) is 13.5. The van der Waals surface area contributed by atoms with Crippen LogP contribution in [-0.2, 0) is 17.6 Å². The van der Waals surface area contributed by atoms with Crippen molar-refractivity contribution < 1.29 is 22.2 Å². The van der Waals surface area contributed by atoms with Gasteiger partial charge in [0.2, 0.25) is 5.91 Å². The molecule has 152 valence electrons. The molecule has 3 aromatic rings. The predicted octanol–water partition coefficient (Wildman–Crippen LogP) is 4.66. The Bertz CT molecular complexity index is 1320. The molecule has 0 aliphatic carbocycles. The summed E-state index contributed by atoms with van der Waals surface area (Å²) < 4.78 is 72.3. The Labute approximate surface area is 188 Å². The summed E-state index contributed by atoms with van der Waals surface area (Å²) in [5.74, 6) is -1.00. The van der Waals surface area contributed by atoms with E-state index < -0.39 is 36.8 Å². The number of anilines is 2. The molecule has 5 nitrogen and oxygen atoms in total. The molecule has 0 fully saturated rings. The number of nitrogens with two attached hydrogens (primary N) is 1. The third kappa shape index (κ3) is 6.69. The SMILES string of the molecule is [2H]c1sc(N)nc1C([2H])([2H])C(=O)Nc1ccc(CCCC([2H])([2H])[C@H](O)c2c([2H])c([2H])c([2H])c(C)c2[2H])cc1. The number of carbonyl (C=O) groups is 1. The molecular formula is C23H27N3O2S. The first kappa shape index (κ1) is 12.1. The van der Waals surface area contributed by atoms with Crippen molar-refractivity contribution >= 4 is 28.1 Å². The molecule has 6 heteroatoms. The van der Waals surface area contributed by atoms with Gasteiger partial charge in [-0.2, -0.15) is 0 Å². The van der Waals surface area contributed by atoms with E-state index in [-0.39, 0.29) is 45.8 Å². The lowest BCUT2D eigenvalue weighted by molar-refractivity contribution is -0.115. The third-order valence-electron chi connectivity index (χ3n) is 3.94. The Morgan fingerprint density at radius 3 is 2.86 bits per heavy atom. The van der Waals surface area contributed by atoms with Crippen molar-refractivity contribution in [3.63, 3.8) is 0 Å². The summed E-state index contributed by atoms with van der Waals surface area (Å²) in [5, 5.41) is 12.9. The molecule has 0 saturated heterocycles. The van der Waals surface area contributed by atoms with Crippen LogP contribution in [0.5, 0.6) is 0 Å². The molecule has 29 heavy (non-hydrogen) atoms. The number of hydrogen-bond donors (Lipinski definition) is 3. The first-order valence-corrected chi connectivity index (χ1v) is 9.78. The second-order valence-electron chi connectivity index (χ2n) is 6.28. The van der Waals surface area contributed by atoms with Crippen LogP contribution in [0.25, 0.3) is 0 Å². The number of aliphatic hydroxyl groups excluding tert-OH is 1. The number of aromatic nitrogens is 1. The van der Waals surface area contributed by atoms with Crippen molar-refractivity contribution in [2.24, 2.45) is 0 Å². The van der Waals surface area contributed by atoms with Crippen molar-refractivity contribution in [1.29, 1.82) is 0 Å². The van der Waals surface area contributed by atoms with Gasteiger partial charge in [-0.25, -0.2) is 4.98 Å². The zero-order valence-corrected chi connectivity index (χ0v) is 16.6. The number of thiazole rings is 1. The number of nitrogens with zero attached hydrogens (tertiary/aromatic N) is 1. The van der Waals surface area contributed by atoms with Crippen LogP contribution < -0.4 is 11.1 Å². The lowest BCUT2D eigenvalue weighted by atomic mass is 10.00. The van der Waals surface area contributed by atoms with Crippen molar-refractivity contribution in [3.05, 3.63) is 76.2 Å². The monoisotopic (exact) mass is 418 g/mol. The second kappa shape index (κ2) is 10.2. The molecule has 0 aliphatic rings. The fraction of sp³-hybridized carbons (Fsp3) is 0.304. The van der Waals surface area contributed by atoms with Crippen LogP contribution in [-0.4, -0.2) is 16.0 Å². The van der Waals surface area contributed by atoms with E-state index >= 15 is 0 Å². The van der Waals surface area contributed by atoms with E-state index in [9.17, 15) is 9.90 Å². The maximum atomic E-state index is 12.5. The average Bonchev–Trinajstić information content (AvgIpc) is 3.21. The highest BCUT2D eigenvalue weighted by Crippen LogP contribution is 2.21. The second-order valence-corrected chi connectivity index (χ2v) is 7.10. The molecule has 0 spiro atoms. The van der Waals surface area contributed by atoms with E-state index in [1.165, 1.54) is 6.92 Å². The fourth-order valence-electron chi connectivity index (χ4n) is 2.56. The van der Waals surface area contributed by atoms with Gasteiger partial charge in [0, 0.05) is 16.5 Å². The van der Waals surface area contributed by atoms with E-state index in [0.29, 0.717) is 18.5 Å². The summed E-state index contributed by atoms with van der Waals surface area (Å²) in [7, 11) is 0. The van der Waals surface area contributed by atoms with Gasteiger partial charge in [-0.05, 0) is 49.4 Å². The minimum absolute atomic E-state index is 0.00906. The summed E-state index contributed by atoms with van der Waals surface area (Å²) >= 11 is 0.771. The minimum atomic E-state index is -2.56. The van der Waals surface area contributed by atoms with E-state index in [1.54, 1.807) is 24.3 Å². The number of rotatable bonds is 9. The Kier molecular flexibility index (Phi) is 4.25. The van der Waals surface area contributed by atoms with Crippen molar-refractivity contribution in [1.82, 2.24) is 4.98 Å². The summed E-state index contributed by atoms with van der Waals surface area (Å²) in [6.45, 7) is 1.43. The predicted molar refractivity (Wildman–Crippen MR) is 119 cm³/mol. The molecule has 0 aliphatic heterocycles. The van der Waals surface area contributed by atoms with Crippen LogP contribution in [0, 0.1) is 6.92 Å². The Balaban J connectivity index is 1.62. The molecule has 4 N–H and O–H groups in total. The normalized spacial score (nSPS) is 17.4. The van der Waals surface area contributed by atoms with Gasteiger partial charge in [0.25, 0.3) is 0 Å². The lowest BCUT2D eigenvalue weighted by Gasteiger charge is -2.11. The van der Waals surface area contributed by atoms with Gasteiger partial charge in [-0.3, -0.25) is 4.79 Å². The van der Waals surface area contributed by atoms with E-state index in [4.69, 9.17) is 18.1 Å². The van der Waals surface area contributed by atoms with Gasteiger partial charge in [-0.15, -0.1) is 11.3 Å². The minimum Gasteiger partial charge on any atom is -0.388 e. The van der Waals surface area contributed by atoms with E-state index in [2.05, 4.69) is 10.3 Å². The number of carbonyl (C=O) groups excluding carboxylic acids is 1. The smallest absolute Gasteiger partial charge is 0.230 e. The van der Waals surface area contributed by atoms with Crippen LogP contribution in [0.15, 0.2) is 53.8 Å². The average molecular weight is 419 g/mol. The molecule has 0 saturated carbocycles. The van der Waals surface area contributed by atoms with Gasteiger partial charge in [-0.1, -0.05) is 48.3 Å². The van der Waals surface area contributed by atoms with E-state index in [0.717, 1.165) is 16.9 Å². The Morgan fingerprint density at radius 2 is 2.14 bits per heavy atom. The maximum Gasteiger partial charge on any atom is 0.230 e. The van der Waals surface area contributed by atoms with Gasteiger partial charge in [0.15, 0.2) is 5.13 Å². The number of benzene rings is 2. The molecule has 1 amide bonds. The van der Waals surface area contributed by atoms with Crippen molar-refractivity contribution in [2.75, 3.05) is 11.1 Å². The number of hydrogen-bond acceptors (Lipinski definition) is 5. The topological polar surface area (TPSA) is 88.2 Å². The van der Waals surface area contributed by atoms with Crippen molar-refractivity contribution in [2.45, 2.75) is 45.0 Å². The number of nitrogen functional groups attached to an aromatic ring is 1. The van der Waals surface area contributed by atoms with Gasteiger partial charge in [0.1, 0.15) is 0 Å². The van der Waals surface area contributed by atoms with E-state index in [1.807, 2.05) is 0 Å². The maximum absolute atomic E-state index is 12.5. The summed E-state index contributed by atoms with van der Waals surface area (Å²) in [6.07, 6.45) is -5.95. The van der Waals surface area contributed by atoms with Crippen molar-refractivity contribution in [3.8, 4) is 0 Å². The lowest BCUT2D eigenvalue weighted by Crippen LogP contribution is -2.14. The van der Waals surface area contributed by atoms with Gasteiger partial charge < -0.3 is 16.2 Å². The zero-order valence-electron chi connectivity index (χ0n) is 24.8. The largest absolute Gasteiger partial charge is 0.388 e. The molecule has 1 aromatic heterocycles. The van der Waals surface area contributed by atoms with Gasteiger partial charge in [0.05, 0.1) is 25.0 Å². The molecule has 1 heterocycles. The summed E-state index contributed by atoms with van der Waals surface area (Å²) in [6, 6.07) is 4.89. The number of aliphatic hydroxyl groups is 1. The number of nitrogens with one attached hydrogen (secondary N) is 1. The number of aryl methyl sites for hydroxylation is 1. The Morgan fingerprint density at radius 1 is 1.34 bits per heavy atom. The first-order chi connectivity index (χ1) is 17.6. The van der Waals surface area contributed by atoms with Crippen LogP contribution >= 0.6 is 11.3 Å². The molecule has 0 unspecified atom stereocenters. The van der Waals surface area contributed by atoms with Crippen LogP contribution in [0.3, 0.4) is 0 Å². The Hall–Kier alpha value is -2.70. The molecule has 0 radical (unpaired) electrons. The molecule has 1 atom stereocenters. The highest BCUT2D eigenvalue weighted by molar-refractivity contribution is 7.13. The summed E-state index contributed by atoms with van der Waals surface area (Å²) in [5.41, 5.74) is 6.06. The number of amides is 1. The molecule has 2 aromatic carbocycles. The quantitative estimate of drug-likeness (QED) is 0.471. The fourth-order valence-corrected chi connectivity index (χ4v) is 3.00. The zero-order chi connectivity index (χ0) is 28.6. The highest BCUT2D eigenvalue weighted by atomic mass is 32.1. The van der Waals surface area contributed by atoms with Gasteiger partial charge >= 0.3 is 0 Å². The van der Waals surface area contributed by atoms with Crippen LogP contribution in [0.2, 0.25) is 0 Å². The van der Waals surface area contributed by atoms with Crippen LogP contribution in [0.4, 0.5) is 10.8 Å².